The molecule has 9 aromatic rings. The van der Waals surface area contributed by atoms with Crippen LogP contribution in [0, 0.1) is 39.6 Å². The smallest absolute Gasteiger partial charge is 0.269 e. The molecule has 0 N–H and O–H groups in total. The summed E-state index contributed by atoms with van der Waals surface area (Å²) in [6.07, 6.45) is 0. The van der Waals surface area contributed by atoms with E-state index in [1.807, 2.05) is 44.2 Å². The van der Waals surface area contributed by atoms with E-state index in [0.29, 0.717) is 64.4 Å². The van der Waals surface area contributed by atoms with Crippen molar-refractivity contribution < 1.29 is 19.5 Å². The lowest BCUT2D eigenvalue weighted by Gasteiger charge is -2.07. The first kappa shape index (κ1) is 40.4. The molecule has 0 saturated carbocycles. The Labute approximate surface area is 359 Å². The third-order valence-electron chi connectivity index (χ3n) is 8.55. The van der Waals surface area contributed by atoms with Crippen molar-refractivity contribution in [3.8, 4) is 17.1 Å². The fourth-order valence-corrected chi connectivity index (χ4v) is 7.41. The third-order valence-corrected chi connectivity index (χ3v) is 10.4. The summed E-state index contributed by atoms with van der Waals surface area (Å²) in [5.41, 5.74) is 6.83. The highest BCUT2D eigenvalue weighted by Crippen LogP contribution is 2.25. The first-order chi connectivity index (χ1) is 27.7. The van der Waals surface area contributed by atoms with Crippen molar-refractivity contribution in [3.63, 3.8) is 0 Å². The number of nitro groups is 1. The van der Waals surface area contributed by atoms with E-state index in [1.165, 1.54) is 33.9 Å². The maximum Gasteiger partial charge on any atom is 0.269 e. The van der Waals surface area contributed by atoms with Crippen LogP contribution in [0.1, 0.15) is 11.1 Å². The normalized spacial score (nSPS) is 11.0. The maximum absolute atomic E-state index is 12.3. The number of rotatable bonds is 4. The second-order valence-corrected chi connectivity index (χ2v) is 15.6. The number of nitrogens with zero attached hydrogens (tertiary/aromatic N) is 10. The zero-order valence-electron chi connectivity index (χ0n) is 29.9. The summed E-state index contributed by atoms with van der Waals surface area (Å²) in [6, 6.07) is 31.8. The lowest BCUT2D eigenvalue weighted by atomic mass is 10.1. The molecule has 0 aliphatic carbocycles. The number of non-ortho nitro benzene ring substituents is 1. The second-order valence-electron chi connectivity index (χ2n) is 12.5. The Morgan fingerprint density at radius 2 is 1.03 bits per heavy atom. The predicted molar refractivity (Wildman–Crippen MR) is 227 cm³/mol. The molecule has 0 atom stereocenters. The highest BCUT2D eigenvalue weighted by atomic mass is 79.9. The van der Waals surface area contributed by atoms with E-state index in [2.05, 4.69) is 47.2 Å². The molecule has 6 aromatic carbocycles. The van der Waals surface area contributed by atoms with Crippen LogP contribution in [0.5, 0.6) is 0 Å². The predicted octanol–water partition coefficient (Wildman–Crippen LogP) is 8.99. The highest BCUT2D eigenvalue weighted by Gasteiger charge is 2.20. The molecule has 58 heavy (non-hydrogen) atoms. The molecule has 0 bridgehead atoms. The molecule has 3 heterocycles. The van der Waals surface area contributed by atoms with Gasteiger partial charge >= 0.3 is 0 Å². The van der Waals surface area contributed by atoms with Crippen molar-refractivity contribution in [2.45, 2.75) is 13.8 Å². The molecule has 0 radical (unpaired) electrons. The van der Waals surface area contributed by atoms with Gasteiger partial charge in [0.15, 0.2) is 0 Å². The van der Waals surface area contributed by atoms with Gasteiger partial charge in [-0.3, -0.25) is 10.1 Å². The molecule has 0 aliphatic rings. The number of hydrogen-bond acceptors (Lipinski definition) is 8. The fraction of sp³-hybridized carbons (Fsp3) is 0.0526. The van der Waals surface area contributed by atoms with Crippen molar-refractivity contribution in [2.75, 3.05) is 0 Å². The van der Waals surface area contributed by atoms with E-state index in [1.54, 1.807) is 60.7 Å². The van der Waals surface area contributed by atoms with Gasteiger partial charge in [-0.2, -0.15) is 0 Å². The summed E-state index contributed by atoms with van der Waals surface area (Å²) in [5, 5.41) is 61.5. The number of benzene rings is 6. The van der Waals surface area contributed by atoms with Crippen molar-refractivity contribution in [3.05, 3.63) is 176 Å². The van der Waals surface area contributed by atoms with Gasteiger partial charge in [0.25, 0.3) is 22.2 Å². The minimum absolute atomic E-state index is 0.0500. The van der Waals surface area contributed by atoms with Crippen LogP contribution in [0.3, 0.4) is 0 Å². The lowest BCUT2D eigenvalue weighted by Crippen LogP contribution is -2.37. The van der Waals surface area contributed by atoms with Crippen LogP contribution in [-0.2, 0) is 0 Å². The van der Waals surface area contributed by atoms with Gasteiger partial charge in [0.2, 0.25) is 16.6 Å². The van der Waals surface area contributed by atoms with Crippen LogP contribution in [0.25, 0.3) is 50.2 Å². The molecular formula is C38H25Br2Cl3N10O5. The molecule has 0 aliphatic heterocycles. The van der Waals surface area contributed by atoms with Gasteiger partial charge in [0.05, 0.1) is 24.7 Å². The molecule has 0 fully saturated rings. The number of nitro benzene ring substituents is 1. The van der Waals surface area contributed by atoms with Crippen molar-refractivity contribution in [1.29, 1.82) is 0 Å². The Morgan fingerprint density at radius 3 is 1.52 bits per heavy atom. The quantitative estimate of drug-likeness (QED) is 0.0726. The molecule has 0 saturated heterocycles. The Hall–Kier alpha value is -5.85. The van der Waals surface area contributed by atoms with Crippen LogP contribution < -0.4 is 14.5 Å². The number of aryl methyl sites for hydroxylation is 2. The standard InChI is InChI=1S/C14H12ClN3O.C12H6Br2ClN3O.C12H7ClN4O3/c1-9-3-4-10(2)14(7-9)17-16-12-8-11(15)5-6-13(12)18(17)19;13-7-1-3-11(9(14)5-7)17-16-10-6-8(15)2-4-12(10)18(17)19;13-8-1-6-12-11(7-8)14-15(16(12)18)9-2-4-10(5-3-9)17(19)20/h3-8H,1-2H3;1-6H;1-7H. The molecular weight excluding hydrogens is 943 g/mol. The molecule has 15 nitrogen and oxygen atoms in total. The molecule has 9 rings (SSSR count). The Bertz CT molecular complexity index is 3030. The van der Waals surface area contributed by atoms with E-state index in [9.17, 15) is 25.7 Å². The number of halogens is 5. The van der Waals surface area contributed by atoms with Crippen LogP contribution in [0.4, 0.5) is 5.69 Å². The average Bonchev–Trinajstić information content (AvgIpc) is 3.81. The van der Waals surface area contributed by atoms with Crippen LogP contribution >= 0.6 is 66.7 Å². The van der Waals surface area contributed by atoms with Gasteiger partial charge < -0.3 is 15.6 Å². The first-order valence-electron chi connectivity index (χ1n) is 16.8. The van der Waals surface area contributed by atoms with Crippen LogP contribution in [0.15, 0.2) is 124 Å². The van der Waals surface area contributed by atoms with Crippen LogP contribution in [-0.4, -0.2) is 34.6 Å². The molecule has 0 unspecified atom stereocenters. The Balaban J connectivity index is 0.000000132. The van der Waals surface area contributed by atoms with Gasteiger partial charge in [-0.05, 0) is 128 Å². The number of fused-ring (bicyclic) bond motifs is 3. The van der Waals surface area contributed by atoms with Gasteiger partial charge in [0.1, 0.15) is 17.1 Å². The van der Waals surface area contributed by atoms with E-state index in [-0.39, 0.29) is 5.69 Å². The van der Waals surface area contributed by atoms with E-state index >= 15 is 0 Å². The fourth-order valence-electron chi connectivity index (χ4n) is 5.70. The summed E-state index contributed by atoms with van der Waals surface area (Å²) in [7, 11) is 0. The summed E-state index contributed by atoms with van der Waals surface area (Å²) in [4.78, 5) is 16.0. The van der Waals surface area contributed by atoms with Gasteiger partial charge in [-0.15, -0.1) is 14.5 Å². The zero-order valence-corrected chi connectivity index (χ0v) is 35.3. The number of aromatic nitrogens is 9. The largest absolute Gasteiger partial charge is 0.692 e. The summed E-state index contributed by atoms with van der Waals surface area (Å²) >= 11 is 24.5. The Morgan fingerprint density at radius 1 is 0.569 bits per heavy atom. The molecule has 3 aromatic heterocycles. The van der Waals surface area contributed by atoms with E-state index in [0.717, 1.165) is 40.2 Å². The number of hydrogen-bond donors (Lipinski definition) is 0. The van der Waals surface area contributed by atoms with Crippen molar-refractivity contribution in [1.82, 2.24) is 29.7 Å². The zero-order chi connectivity index (χ0) is 41.4. The first-order valence-corrected chi connectivity index (χ1v) is 19.5. The molecule has 292 valence electrons. The second kappa shape index (κ2) is 16.6. The topological polar surface area (TPSA) is 177 Å². The average molecular weight is 968 g/mol. The van der Waals surface area contributed by atoms with Gasteiger partial charge in [-0.1, -0.05) is 62.9 Å². The van der Waals surface area contributed by atoms with Crippen molar-refractivity contribution >= 4 is 105 Å². The Kier molecular flexibility index (Phi) is 11.5. The minimum atomic E-state index is -0.506. The summed E-state index contributed by atoms with van der Waals surface area (Å²) < 4.78 is 1.69. The highest BCUT2D eigenvalue weighted by molar-refractivity contribution is 9.11. The SMILES string of the molecule is Cc1ccc(C)c(-n2nc3cc(Cl)ccc3[n+]2[O-])c1.O=[N+]([O-])c1ccc(-n2nc3cc(Cl)ccc3[n+]2[O-])cc1.[O-][n+]1c2ccc(Cl)cc2nn1-c1ccc(Br)cc1Br. The van der Waals surface area contributed by atoms with E-state index < -0.39 is 4.92 Å². The summed E-state index contributed by atoms with van der Waals surface area (Å²) in [6.45, 7) is 3.94. The molecule has 0 spiro atoms. The summed E-state index contributed by atoms with van der Waals surface area (Å²) in [5.74, 6) is 0. The molecule has 0 amide bonds. The van der Waals surface area contributed by atoms with Crippen LogP contribution in [0.2, 0.25) is 15.1 Å². The van der Waals surface area contributed by atoms with Gasteiger partial charge in [-0.25, -0.2) is 0 Å². The van der Waals surface area contributed by atoms with Crippen molar-refractivity contribution in [2.24, 2.45) is 0 Å². The van der Waals surface area contributed by atoms with E-state index in [4.69, 9.17) is 34.8 Å². The molecule has 20 heteroatoms. The minimum Gasteiger partial charge on any atom is -0.692 e. The lowest BCUT2D eigenvalue weighted by molar-refractivity contribution is -0.664. The maximum atomic E-state index is 12.3. The monoisotopic (exact) mass is 964 g/mol. The third kappa shape index (κ3) is 8.25. The van der Waals surface area contributed by atoms with Gasteiger partial charge in [0, 0.05) is 49.9 Å².